The number of amides is 3. The van der Waals surface area contributed by atoms with Crippen LogP contribution in [0.5, 0.6) is 17.2 Å². The maximum atomic E-state index is 14.9. The molecular formula is C59H68ClF3N10O14. The van der Waals surface area contributed by atoms with Gasteiger partial charge in [-0.3, -0.25) is 24.3 Å². The summed E-state index contributed by atoms with van der Waals surface area (Å²) in [4.78, 5) is 72.3. The fourth-order valence-electron chi connectivity index (χ4n) is 13.9. The highest BCUT2D eigenvalue weighted by Gasteiger charge is 2.55. The molecule has 6 atom stereocenters. The number of fused-ring (bicyclic) bond motifs is 9. The van der Waals surface area contributed by atoms with E-state index < -0.39 is 48.5 Å². The Hall–Kier alpha value is -7.16. The molecular weight excluding hydrogens is 1170 g/mol. The monoisotopic (exact) mass is 1230 g/mol. The molecule has 28 heteroatoms. The van der Waals surface area contributed by atoms with Crippen molar-refractivity contribution in [3.05, 3.63) is 64.3 Å². The summed E-state index contributed by atoms with van der Waals surface area (Å²) in [6, 6.07) is 7.98. The van der Waals surface area contributed by atoms with Gasteiger partial charge < -0.3 is 63.1 Å². The zero-order chi connectivity index (χ0) is 60.1. The number of hydrogen-bond donors (Lipinski definition) is 1. The number of nitrogens with two attached hydrogens (primary N) is 1. The molecule has 11 fully saturated rings. The predicted octanol–water partition coefficient (Wildman–Crippen LogP) is 7.46. The SMILES string of the molecule is NC[C@@H]1OC(=O)N2c3cc(F)c(N4CC5(COC5)C4)cc3OC[C@@H]12.O=C(CC[C@@H]1OC(=O)N2c3cc(F)c(N4CC5(COC5)C4)cc3OC[C@@H]12)C1CCC1.O=C(Cl)C1CCC1.[HH].[N-]=[N+]=NC[C@@H]1OC(=O)N2c3cc(F)c(N4CC5(COC5)C4)cc3OC[C@@H]12. The number of anilines is 6. The van der Waals surface area contributed by atoms with Crippen LogP contribution in [-0.4, -0.2) is 178 Å². The number of benzene rings is 3. The Morgan fingerprint density at radius 1 is 0.575 bits per heavy atom. The molecule has 12 heterocycles. The molecule has 2 aliphatic carbocycles. The third-order valence-electron chi connectivity index (χ3n) is 19.6. The van der Waals surface area contributed by atoms with Crippen LogP contribution in [0.4, 0.5) is 61.7 Å². The number of azide groups is 1. The van der Waals surface area contributed by atoms with Gasteiger partial charge >= 0.3 is 18.3 Å². The average molecular weight is 1230 g/mol. The largest absolute Gasteiger partial charge is 0.489 e. The van der Waals surface area contributed by atoms with E-state index >= 15 is 0 Å². The number of carbonyl (C=O) groups is 5. The number of rotatable bonds is 11. The maximum absolute atomic E-state index is 14.9. The quantitative estimate of drug-likeness (QED) is 0.0642. The third-order valence-corrected chi connectivity index (χ3v) is 19.9. The van der Waals surface area contributed by atoms with Crippen LogP contribution >= 0.6 is 11.6 Å². The second kappa shape index (κ2) is 22.5. The van der Waals surface area contributed by atoms with Gasteiger partial charge in [-0.25, -0.2) is 27.6 Å². The number of cyclic esters (lactones) is 3. The summed E-state index contributed by atoms with van der Waals surface area (Å²) in [5.41, 5.74) is 17.3. The number of Topliss-reactive ketones (excluding diaryl/α,β-unsaturated/α-hetero) is 1. The van der Waals surface area contributed by atoms with Crippen molar-refractivity contribution >= 4 is 75.0 Å². The Morgan fingerprint density at radius 3 is 1.26 bits per heavy atom. The lowest BCUT2D eigenvalue weighted by atomic mass is 9.77. The molecule has 3 spiro atoms. The molecule has 87 heavy (non-hydrogen) atoms. The number of halogens is 4. The molecule has 0 unspecified atom stereocenters. The van der Waals surface area contributed by atoms with Gasteiger partial charge in [-0.15, -0.1) is 0 Å². The summed E-state index contributed by atoms with van der Waals surface area (Å²) in [6.07, 6.45) is 4.16. The minimum atomic E-state index is -0.608. The standard InChI is InChI=1S/C22H25FN2O5.C16H16FN5O4.C16H18FN3O4.C5H7ClO.H2/c23-14-6-16-20(7-15(14)24-9-22(10-24)11-28-12-22)29-8-17-19(30-21(27)25(16)17)5-4-18(26)13-2-1-3-13;17-9-1-11-13(2-10(9)21-5-16(6-21)7-24-8-16)25-4-12-14(3-19-20-18)26-15(23)22(11)12;17-9-1-11-13(2-10(9)19-5-16(6-19)7-22-8-16)23-4-12-14(3-18)24-15(21)20(11)12;6-5(7)4-2-1-3-4;/h6-7,13,17,19H,1-5,8-12H2;1-2,12,14H,3-8H2;1-2,12,14H,3-8,18H2;4H,1-3H2;1H/t17-,19-;2*12-,14-;;/m000../s1. The van der Waals surface area contributed by atoms with Crippen LogP contribution < -0.4 is 49.3 Å². The molecule has 466 valence electrons. The molecule has 2 saturated carbocycles. The van der Waals surface area contributed by atoms with E-state index in [9.17, 15) is 37.1 Å². The summed E-state index contributed by atoms with van der Waals surface area (Å²) in [5.74, 6) is 0.955. The minimum absolute atomic E-state index is 0. The molecule has 14 aliphatic rings. The van der Waals surface area contributed by atoms with Gasteiger partial charge in [0, 0.05) is 107 Å². The van der Waals surface area contributed by atoms with Gasteiger partial charge in [0.15, 0.2) is 0 Å². The summed E-state index contributed by atoms with van der Waals surface area (Å²) in [6.45, 7) is 10.0. The zero-order valence-corrected chi connectivity index (χ0v) is 48.3. The molecule has 3 amide bonds. The Balaban J connectivity index is 0.000000115. The fraction of sp³-hybridized carbons (Fsp3) is 0.610. The normalized spacial score (nSPS) is 27.9. The van der Waals surface area contributed by atoms with E-state index in [-0.39, 0.29) is 90.6 Å². The van der Waals surface area contributed by atoms with Crippen LogP contribution in [0.25, 0.3) is 10.4 Å². The van der Waals surface area contributed by atoms with Crippen molar-refractivity contribution in [1.82, 2.24) is 0 Å². The third kappa shape index (κ3) is 10.3. The number of hydrogen-bond acceptors (Lipinski definition) is 19. The summed E-state index contributed by atoms with van der Waals surface area (Å²) < 4.78 is 93.7. The molecule has 2 N–H and O–H groups in total. The molecule has 3 aromatic rings. The van der Waals surface area contributed by atoms with E-state index in [2.05, 4.69) is 10.0 Å². The van der Waals surface area contributed by atoms with Crippen molar-refractivity contribution in [2.45, 2.75) is 87.8 Å². The van der Waals surface area contributed by atoms with Gasteiger partial charge in [-0.1, -0.05) is 18.0 Å². The van der Waals surface area contributed by atoms with Crippen LogP contribution in [0.2, 0.25) is 0 Å². The second-order valence-corrected chi connectivity index (χ2v) is 26.0. The van der Waals surface area contributed by atoms with Crippen LogP contribution in [0, 0.1) is 45.5 Å². The number of ketones is 1. The van der Waals surface area contributed by atoms with E-state index in [0.29, 0.717) is 70.8 Å². The van der Waals surface area contributed by atoms with E-state index in [1.807, 2.05) is 14.7 Å². The first kappa shape index (κ1) is 57.6. The van der Waals surface area contributed by atoms with Gasteiger partial charge in [-0.05, 0) is 49.2 Å². The highest BCUT2D eigenvalue weighted by molar-refractivity contribution is 6.64. The van der Waals surface area contributed by atoms with Crippen LogP contribution in [0.1, 0.15) is 52.8 Å². The molecule has 3 aromatic carbocycles. The molecule has 24 nitrogen and oxygen atoms in total. The van der Waals surface area contributed by atoms with Crippen molar-refractivity contribution in [3.8, 4) is 17.2 Å². The molecule has 9 saturated heterocycles. The van der Waals surface area contributed by atoms with Crippen molar-refractivity contribution in [2.75, 3.05) is 141 Å². The number of carbonyl (C=O) groups excluding carboxylic acids is 5. The lowest BCUT2D eigenvalue weighted by molar-refractivity contribution is -0.127. The zero-order valence-electron chi connectivity index (χ0n) is 47.6. The van der Waals surface area contributed by atoms with E-state index in [4.69, 9.17) is 65.5 Å². The predicted molar refractivity (Wildman–Crippen MR) is 307 cm³/mol. The van der Waals surface area contributed by atoms with Gasteiger partial charge in [0.1, 0.15) is 96.7 Å². The molecule has 0 bridgehead atoms. The number of nitrogens with zero attached hydrogens (tertiary/aromatic N) is 9. The van der Waals surface area contributed by atoms with Gasteiger partial charge in [0.05, 0.1) is 96.6 Å². The van der Waals surface area contributed by atoms with Gasteiger partial charge in [0.2, 0.25) is 5.24 Å². The Kier molecular flexibility index (Phi) is 14.9. The molecule has 0 aromatic heterocycles. The first-order valence-electron chi connectivity index (χ1n) is 29.8. The fourth-order valence-corrected chi connectivity index (χ4v) is 14.2. The molecule has 12 aliphatic heterocycles. The first-order valence-corrected chi connectivity index (χ1v) is 30.2. The second-order valence-electron chi connectivity index (χ2n) is 25.6. The topological polar surface area (TPSA) is 263 Å². The summed E-state index contributed by atoms with van der Waals surface area (Å²) >= 11 is 5.14. The van der Waals surface area contributed by atoms with Crippen LogP contribution in [0.3, 0.4) is 0 Å². The summed E-state index contributed by atoms with van der Waals surface area (Å²) in [5, 5.41) is 3.32. The van der Waals surface area contributed by atoms with E-state index in [1.165, 1.54) is 39.3 Å². The highest BCUT2D eigenvalue weighted by atomic mass is 35.5. The first-order chi connectivity index (χ1) is 42.0. The maximum Gasteiger partial charge on any atom is 0.415 e. The van der Waals surface area contributed by atoms with Crippen molar-refractivity contribution < 1.29 is 81.2 Å². The molecule has 17 rings (SSSR count). The van der Waals surface area contributed by atoms with Crippen molar-refractivity contribution in [3.63, 3.8) is 0 Å². The van der Waals surface area contributed by atoms with E-state index in [0.717, 1.165) is 111 Å². The van der Waals surface area contributed by atoms with Crippen LogP contribution in [0.15, 0.2) is 41.5 Å². The highest BCUT2D eigenvalue weighted by Crippen LogP contribution is 2.50. The average Bonchev–Trinajstić information content (AvgIpc) is 1.05. The lowest BCUT2D eigenvalue weighted by Crippen LogP contribution is -2.66. The Morgan fingerprint density at radius 2 is 0.943 bits per heavy atom. The Labute approximate surface area is 504 Å². The number of ether oxygens (including phenoxy) is 9. The Bertz CT molecular complexity index is 3330. The molecule has 0 radical (unpaired) electrons. The van der Waals surface area contributed by atoms with Gasteiger partial charge in [-0.2, -0.15) is 0 Å². The van der Waals surface area contributed by atoms with Crippen molar-refractivity contribution in [2.24, 2.45) is 38.9 Å². The summed E-state index contributed by atoms with van der Waals surface area (Å²) in [7, 11) is 0. The smallest absolute Gasteiger partial charge is 0.415 e. The minimum Gasteiger partial charge on any atom is -0.489 e. The van der Waals surface area contributed by atoms with Gasteiger partial charge in [0.25, 0.3) is 0 Å². The van der Waals surface area contributed by atoms with E-state index in [1.54, 1.807) is 18.2 Å². The van der Waals surface area contributed by atoms with Crippen molar-refractivity contribution in [1.29, 1.82) is 0 Å². The lowest BCUT2D eigenvalue weighted by Gasteiger charge is -2.56. The van der Waals surface area contributed by atoms with Crippen LogP contribution in [-0.2, 0) is 38.0 Å².